The molecule has 1 aromatic carbocycles. The number of hydrogen-bond donors (Lipinski definition) is 0. The van der Waals surface area contributed by atoms with Crippen LogP contribution >= 0.6 is 0 Å². The molecule has 0 fully saturated rings. The molecule has 0 N–H and O–H groups in total. The predicted molar refractivity (Wildman–Crippen MR) is 100.0 cm³/mol. The molecule has 30 heavy (non-hydrogen) atoms. The average Bonchev–Trinajstić information content (AvgIpc) is 3.31. The van der Waals surface area contributed by atoms with E-state index >= 15 is 0 Å². The molecule has 0 saturated heterocycles. The van der Waals surface area contributed by atoms with Crippen molar-refractivity contribution in [2.75, 3.05) is 0 Å². The third kappa shape index (κ3) is 3.41. The van der Waals surface area contributed by atoms with Crippen molar-refractivity contribution in [1.82, 2.24) is 34.1 Å². The molecule has 5 rings (SSSR count). The molecule has 0 radical (unpaired) electrons. The molecule has 5 aromatic rings. The number of ether oxygens (including phenoxy) is 1. The Balaban J connectivity index is 1.53. The van der Waals surface area contributed by atoms with E-state index in [2.05, 4.69) is 29.7 Å². The first-order chi connectivity index (χ1) is 14.5. The zero-order valence-electron chi connectivity index (χ0n) is 15.2. The molecule has 0 atom stereocenters. The van der Waals surface area contributed by atoms with Gasteiger partial charge in [0, 0.05) is 18.5 Å². The molecule has 0 aliphatic heterocycles. The van der Waals surface area contributed by atoms with Crippen LogP contribution in [0.2, 0.25) is 0 Å². The van der Waals surface area contributed by atoms with Crippen LogP contribution in [0, 0.1) is 0 Å². The molecule has 0 bridgehead atoms. The fourth-order valence-electron chi connectivity index (χ4n) is 3.12. The van der Waals surface area contributed by atoms with Crippen molar-refractivity contribution in [1.29, 1.82) is 0 Å². The first kappa shape index (κ1) is 18.0. The number of aromatic nitrogens is 7. The van der Waals surface area contributed by atoms with Crippen molar-refractivity contribution in [2.45, 2.75) is 12.9 Å². The minimum absolute atomic E-state index is 0.322. The van der Waals surface area contributed by atoms with Gasteiger partial charge in [-0.15, -0.1) is 13.2 Å². The van der Waals surface area contributed by atoms with Gasteiger partial charge in [-0.2, -0.15) is 4.98 Å². The van der Waals surface area contributed by atoms with Gasteiger partial charge in [-0.3, -0.25) is 9.55 Å². The van der Waals surface area contributed by atoms with Crippen LogP contribution in [-0.2, 0) is 6.54 Å². The first-order valence-corrected chi connectivity index (χ1v) is 8.76. The maximum Gasteiger partial charge on any atom is 0.573 e. The number of fused-ring (bicyclic) bond motifs is 2. The number of nitrogens with zero attached hydrogens (tertiary/aromatic N) is 7. The number of rotatable bonds is 4. The summed E-state index contributed by atoms with van der Waals surface area (Å²) < 4.78 is 44.7. The fourth-order valence-corrected chi connectivity index (χ4v) is 3.12. The van der Waals surface area contributed by atoms with Gasteiger partial charge in [-0.25, -0.2) is 15.0 Å². The van der Waals surface area contributed by atoms with E-state index in [0.29, 0.717) is 34.7 Å². The number of imidazole rings is 2. The summed E-state index contributed by atoms with van der Waals surface area (Å²) in [6.45, 7) is 0.531. The van der Waals surface area contributed by atoms with E-state index in [4.69, 9.17) is 0 Å². The molecule has 0 unspecified atom stereocenters. The summed E-state index contributed by atoms with van der Waals surface area (Å²) >= 11 is 0. The maximum absolute atomic E-state index is 12.4. The van der Waals surface area contributed by atoms with Crippen molar-refractivity contribution in [2.24, 2.45) is 0 Å². The Morgan fingerprint density at radius 3 is 2.63 bits per heavy atom. The standard InChI is InChI=1S/C19H12F3N7O/c20-19(21,22)30-13-3-4-16-14(6-13)26-11-29(16)18-24-8-15-17(27-18)28(10-25-15)9-12-2-1-5-23-7-12/h1-8,10-11H,9H2. The summed E-state index contributed by atoms with van der Waals surface area (Å²) in [7, 11) is 0. The average molecular weight is 411 g/mol. The molecular formula is C19H12F3N7O. The fraction of sp³-hybridized carbons (Fsp3) is 0.105. The van der Waals surface area contributed by atoms with Crippen molar-refractivity contribution in [3.8, 4) is 11.7 Å². The lowest BCUT2D eigenvalue weighted by Crippen LogP contribution is -2.17. The number of pyridine rings is 1. The van der Waals surface area contributed by atoms with Crippen LogP contribution in [0.1, 0.15) is 5.56 Å². The van der Waals surface area contributed by atoms with Crippen molar-refractivity contribution in [3.05, 3.63) is 67.1 Å². The molecule has 8 nitrogen and oxygen atoms in total. The molecule has 11 heteroatoms. The summed E-state index contributed by atoms with van der Waals surface area (Å²) in [5, 5.41) is 0. The molecular weight excluding hydrogens is 399 g/mol. The maximum atomic E-state index is 12.4. The highest BCUT2D eigenvalue weighted by atomic mass is 19.4. The van der Waals surface area contributed by atoms with E-state index in [-0.39, 0.29) is 5.75 Å². The normalized spacial score (nSPS) is 12.0. The lowest BCUT2D eigenvalue weighted by Gasteiger charge is -2.09. The van der Waals surface area contributed by atoms with Crippen LogP contribution < -0.4 is 4.74 Å². The predicted octanol–water partition coefficient (Wildman–Crippen LogP) is 3.51. The van der Waals surface area contributed by atoms with Crippen LogP contribution in [0.25, 0.3) is 28.1 Å². The van der Waals surface area contributed by atoms with E-state index in [1.54, 1.807) is 29.5 Å². The van der Waals surface area contributed by atoms with Gasteiger partial charge >= 0.3 is 6.36 Å². The van der Waals surface area contributed by atoms with Gasteiger partial charge < -0.3 is 9.30 Å². The second-order valence-corrected chi connectivity index (χ2v) is 6.43. The molecule has 0 saturated carbocycles. The Morgan fingerprint density at radius 2 is 1.83 bits per heavy atom. The van der Waals surface area contributed by atoms with Crippen LogP contribution in [0.15, 0.2) is 61.6 Å². The second kappa shape index (κ2) is 6.79. The molecule has 0 aliphatic carbocycles. The zero-order chi connectivity index (χ0) is 20.7. The molecule has 0 spiro atoms. The van der Waals surface area contributed by atoms with Crippen molar-refractivity contribution in [3.63, 3.8) is 0 Å². The number of halogens is 3. The van der Waals surface area contributed by atoms with E-state index in [0.717, 1.165) is 5.56 Å². The molecule has 0 amide bonds. The van der Waals surface area contributed by atoms with Crippen molar-refractivity contribution >= 4 is 22.2 Å². The summed E-state index contributed by atoms with van der Waals surface area (Å²) in [6, 6.07) is 7.71. The van der Waals surface area contributed by atoms with Crippen molar-refractivity contribution < 1.29 is 17.9 Å². The lowest BCUT2D eigenvalue weighted by molar-refractivity contribution is -0.274. The molecule has 150 valence electrons. The summed E-state index contributed by atoms with van der Waals surface area (Å²) in [5.41, 5.74) is 3.09. The van der Waals surface area contributed by atoms with Crippen LogP contribution in [0.3, 0.4) is 0 Å². The zero-order valence-corrected chi connectivity index (χ0v) is 15.2. The van der Waals surface area contributed by atoms with Gasteiger partial charge in [0.1, 0.15) is 17.6 Å². The van der Waals surface area contributed by atoms with Gasteiger partial charge in [0.2, 0.25) is 5.95 Å². The molecule has 4 heterocycles. The monoisotopic (exact) mass is 411 g/mol. The van der Waals surface area contributed by atoms with E-state index in [1.165, 1.54) is 24.5 Å². The Bertz CT molecular complexity index is 1350. The Kier molecular flexibility index (Phi) is 4.09. The van der Waals surface area contributed by atoms with Gasteiger partial charge in [0.25, 0.3) is 0 Å². The first-order valence-electron chi connectivity index (χ1n) is 8.76. The van der Waals surface area contributed by atoms with Gasteiger partial charge in [-0.1, -0.05) is 6.07 Å². The number of alkyl halides is 3. The highest BCUT2D eigenvalue weighted by Crippen LogP contribution is 2.27. The third-order valence-corrected chi connectivity index (χ3v) is 4.39. The number of hydrogen-bond acceptors (Lipinski definition) is 6. The molecule has 0 aliphatic rings. The largest absolute Gasteiger partial charge is 0.573 e. The Hall–Kier alpha value is -4.02. The van der Waals surface area contributed by atoms with Crippen LogP contribution in [0.4, 0.5) is 13.2 Å². The van der Waals surface area contributed by atoms with E-state index in [1.807, 2.05) is 16.7 Å². The van der Waals surface area contributed by atoms with Crippen LogP contribution in [-0.4, -0.2) is 40.4 Å². The van der Waals surface area contributed by atoms with Gasteiger partial charge in [0.15, 0.2) is 5.65 Å². The molecule has 4 aromatic heterocycles. The van der Waals surface area contributed by atoms with Gasteiger partial charge in [-0.05, 0) is 23.8 Å². The topological polar surface area (TPSA) is 83.5 Å². The SMILES string of the molecule is FC(F)(F)Oc1ccc2c(c1)ncn2-c1ncc2ncn(Cc3cccnc3)c2n1. The Morgan fingerprint density at radius 1 is 0.967 bits per heavy atom. The summed E-state index contributed by atoms with van der Waals surface area (Å²) in [4.78, 5) is 21.5. The van der Waals surface area contributed by atoms with Gasteiger partial charge in [0.05, 0.1) is 30.1 Å². The number of benzene rings is 1. The summed E-state index contributed by atoms with van der Waals surface area (Å²) in [6.07, 6.45) is 3.40. The quantitative estimate of drug-likeness (QED) is 0.450. The lowest BCUT2D eigenvalue weighted by atomic mass is 10.3. The smallest absolute Gasteiger partial charge is 0.406 e. The highest BCUT2D eigenvalue weighted by Gasteiger charge is 2.31. The van der Waals surface area contributed by atoms with E-state index < -0.39 is 6.36 Å². The minimum Gasteiger partial charge on any atom is -0.406 e. The minimum atomic E-state index is -4.77. The third-order valence-electron chi connectivity index (χ3n) is 4.39. The second-order valence-electron chi connectivity index (χ2n) is 6.43. The Labute approximate surface area is 166 Å². The highest BCUT2D eigenvalue weighted by molar-refractivity contribution is 5.79. The van der Waals surface area contributed by atoms with E-state index in [9.17, 15) is 13.2 Å². The van der Waals surface area contributed by atoms with Crippen LogP contribution in [0.5, 0.6) is 5.75 Å². The summed E-state index contributed by atoms with van der Waals surface area (Å²) in [5.74, 6) is -0.0198.